The molecular formula is C39H74ClN. The number of hydrogen-bond donors (Lipinski definition) is 0. The molecular weight excluding hydrogens is 518 g/mol. The lowest BCUT2D eigenvalue weighted by atomic mass is 9.96. The van der Waals surface area contributed by atoms with Crippen molar-refractivity contribution in [1.29, 1.82) is 0 Å². The largest absolute Gasteiger partial charge is 1.00 e. The maximum absolute atomic E-state index is 2.50. The lowest BCUT2D eigenvalue weighted by molar-refractivity contribution is -0.921. The van der Waals surface area contributed by atoms with Crippen LogP contribution in [0.4, 0.5) is 0 Å². The molecule has 0 bridgehead atoms. The van der Waals surface area contributed by atoms with Gasteiger partial charge in [-0.3, -0.25) is 0 Å². The van der Waals surface area contributed by atoms with Gasteiger partial charge in [-0.15, -0.1) is 0 Å². The van der Waals surface area contributed by atoms with Crippen molar-refractivity contribution in [3.05, 3.63) is 35.9 Å². The standard InChI is InChI=1S/C39H74N.ClH/c1-5-7-9-11-13-15-17-19-20-22-24-26-28-33-37-40(3,4)39(38-34-30-29-31-35-38)36-32-27-25-23-21-18-16-14-12-10-8-6-2;/h29-31,34-35,39H,5-28,32-33,36-37H2,1-4H3;1H/q+1;/p-1. The van der Waals surface area contributed by atoms with Crippen molar-refractivity contribution in [2.24, 2.45) is 0 Å². The summed E-state index contributed by atoms with van der Waals surface area (Å²) in [5.41, 5.74) is 1.56. The van der Waals surface area contributed by atoms with Gasteiger partial charge in [-0.2, -0.15) is 0 Å². The van der Waals surface area contributed by atoms with E-state index in [9.17, 15) is 0 Å². The number of quaternary nitrogens is 1. The summed E-state index contributed by atoms with van der Waals surface area (Å²) in [6.45, 7) is 5.93. The van der Waals surface area contributed by atoms with E-state index >= 15 is 0 Å². The van der Waals surface area contributed by atoms with Gasteiger partial charge in [-0.05, 0) is 19.3 Å². The predicted molar refractivity (Wildman–Crippen MR) is 182 cm³/mol. The van der Waals surface area contributed by atoms with Crippen LogP contribution < -0.4 is 12.4 Å². The highest BCUT2D eigenvalue weighted by molar-refractivity contribution is 5.17. The molecule has 0 amide bonds. The van der Waals surface area contributed by atoms with Gasteiger partial charge in [0.1, 0.15) is 6.04 Å². The second-order valence-electron chi connectivity index (χ2n) is 13.7. The third-order valence-electron chi connectivity index (χ3n) is 9.45. The van der Waals surface area contributed by atoms with E-state index in [4.69, 9.17) is 0 Å². The van der Waals surface area contributed by atoms with Crippen molar-refractivity contribution in [2.75, 3.05) is 20.6 Å². The molecule has 1 nitrogen and oxygen atoms in total. The Balaban J connectivity index is 0.0000160. The molecule has 0 N–H and O–H groups in total. The molecule has 0 fully saturated rings. The minimum absolute atomic E-state index is 0. The van der Waals surface area contributed by atoms with Crippen LogP contribution in [0.1, 0.15) is 199 Å². The number of nitrogens with zero attached hydrogens (tertiary/aromatic N) is 1. The Hall–Kier alpha value is -0.530. The van der Waals surface area contributed by atoms with Crippen molar-refractivity contribution in [2.45, 2.75) is 193 Å². The molecule has 1 atom stereocenters. The van der Waals surface area contributed by atoms with E-state index in [-0.39, 0.29) is 12.4 Å². The predicted octanol–water partition coefficient (Wildman–Crippen LogP) is 10.4. The highest BCUT2D eigenvalue weighted by Crippen LogP contribution is 2.31. The van der Waals surface area contributed by atoms with Gasteiger partial charge in [0.05, 0.1) is 20.6 Å². The lowest BCUT2D eigenvalue weighted by Crippen LogP contribution is -3.00. The van der Waals surface area contributed by atoms with Crippen LogP contribution in [-0.4, -0.2) is 25.1 Å². The molecule has 1 aromatic rings. The summed E-state index contributed by atoms with van der Waals surface area (Å²) in [6, 6.07) is 12.1. The first-order valence-corrected chi connectivity index (χ1v) is 18.5. The Morgan fingerprint density at radius 2 is 0.756 bits per heavy atom. The number of benzene rings is 1. The first-order chi connectivity index (χ1) is 19.6. The van der Waals surface area contributed by atoms with Crippen LogP contribution in [0.2, 0.25) is 0 Å². The fourth-order valence-corrected chi connectivity index (χ4v) is 6.64. The SMILES string of the molecule is CCCCCCCCCCCCCCCC[N+](C)(C)C(CCCCCCCCCCCCCC)c1ccccc1.[Cl-]. The average Bonchev–Trinajstić information content (AvgIpc) is 2.96. The van der Waals surface area contributed by atoms with Gasteiger partial charge in [0.2, 0.25) is 0 Å². The molecule has 1 aromatic carbocycles. The lowest BCUT2D eigenvalue weighted by Gasteiger charge is -2.39. The first-order valence-electron chi connectivity index (χ1n) is 18.5. The molecule has 0 radical (unpaired) electrons. The van der Waals surface area contributed by atoms with Crippen LogP contribution in [0.25, 0.3) is 0 Å². The number of halogens is 1. The summed E-state index contributed by atoms with van der Waals surface area (Å²) < 4.78 is 1.15. The molecule has 0 aromatic heterocycles. The second-order valence-corrected chi connectivity index (χ2v) is 13.7. The number of unbranched alkanes of at least 4 members (excludes halogenated alkanes) is 24. The van der Waals surface area contributed by atoms with Gasteiger partial charge >= 0.3 is 0 Å². The fraction of sp³-hybridized carbons (Fsp3) is 0.846. The summed E-state index contributed by atoms with van der Waals surface area (Å²) in [7, 11) is 5.00. The van der Waals surface area contributed by atoms with Gasteiger partial charge in [0, 0.05) is 12.0 Å². The first kappa shape index (κ1) is 40.5. The van der Waals surface area contributed by atoms with Gasteiger partial charge < -0.3 is 16.9 Å². The van der Waals surface area contributed by atoms with Crippen LogP contribution >= 0.6 is 0 Å². The molecule has 1 rings (SSSR count). The van der Waals surface area contributed by atoms with Gasteiger partial charge in [0.25, 0.3) is 0 Å². The maximum atomic E-state index is 2.50. The quantitative estimate of drug-likeness (QED) is 0.0616. The summed E-state index contributed by atoms with van der Waals surface area (Å²) >= 11 is 0. The van der Waals surface area contributed by atoms with E-state index in [1.807, 2.05) is 0 Å². The monoisotopic (exact) mass is 592 g/mol. The average molecular weight is 592 g/mol. The van der Waals surface area contributed by atoms with Gasteiger partial charge in [0.15, 0.2) is 0 Å². The molecule has 0 heterocycles. The number of rotatable bonds is 30. The van der Waals surface area contributed by atoms with E-state index in [1.54, 1.807) is 5.56 Å². The normalized spacial score (nSPS) is 12.4. The van der Waals surface area contributed by atoms with Crippen molar-refractivity contribution in [3.8, 4) is 0 Å². The third-order valence-corrected chi connectivity index (χ3v) is 9.45. The van der Waals surface area contributed by atoms with E-state index in [2.05, 4.69) is 58.3 Å². The summed E-state index contributed by atoms with van der Waals surface area (Å²) in [6.07, 6.45) is 38.8. The van der Waals surface area contributed by atoms with Gasteiger partial charge in [-0.1, -0.05) is 192 Å². The Morgan fingerprint density at radius 1 is 0.439 bits per heavy atom. The summed E-state index contributed by atoms with van der Waals surface area (Å²) in [5, 5.41) is 0. The summed E-state index contributed by atoms with van der Waals surface area (Å²) in [5.74, 6) is 0. The molecule has 0 saturated heterocycles. The van der Waals surface area contributed by atoms with Crippen LogP contribution in [0.5, 0.6) is 0 Å². The number of hydrogen-bond acceptors (Lipinski definition) is 0. The van der Waals surface area contributed by atoms with Crippen molar-refractivity contribution in [3.63, 3.8) is 0 Å². The molecule has 0 aliphatic carbocycles. The van der Waals surface area contributed by atoms with Crippen molar-refractivity contribution >= 4 is 0 Å². The molecule has 0 aliphatic heterocycles. The minimum Gasteiger partial charge on any atom is -1.00 e. The van der Waals surface area contributed by atoms with E-state index in [1.165, 1.54) is 180 Å². The fourth-order valence-electron chi connectivity index (χ4n) is 6.64. The zero-order valence-electron chi connectivity index (χ0n) is 28.6. The molecule has 242 valence electrons. The van der Waals surface area contributed by atoms with Gasteiger partial charge in [-0.25, -0.2) is 0 Å². The Bertz CT molecular complexity index is 628. The highest BCUT2D eigenvalue weighted by atomic mass is 35.5. The topological polar surface area (TPSA) is 0 Å². The summed E-state index contributed by atoms with van der Waals surface area (Å²) in [4.78, 5) is 0. The van der Waals surface area contributed by atoms with Crippen LogP contribution in [-0.2, 0) is 0 Å². The highest BCUT2D eigenvalue weighted by Gasteiger charge is 2.28. The van der Waals surface area contributed by atoms with E-state index in [0.717, 1.165) is 4.48 Å². The second kappa shape index (κ2) is 29.5. The molecule has 41 heavy (non-hydrogen) atoms. The Morgan fingerprint density at radius 3 is 1.12 bits per heavy atom. The van der Waals surface area contributed by atoms with Crippen molar-refractivity contribution in [1.82, 2.24) is 0 Å². The van der Waals surface area contributed by atoms with E-state index < -0.39 is 0 Å². The van der Waals surface area contributed by atoms with Crippen LogP contribution in [0, 0.1) is 0 Å². The molecule has 0 spiro atoms. The maximum Gasteiger partial charge on any atom is 0.114 e. The Labute approximate surface area is 266 Å². The molecule has 0 aliphatic rings. The zero-order chi connectivity index (χ0) is 29.0. The van der Waals surface area contributed by atoms with Crippen LogP contribution in [0.15, 0.2) is 30.3 Å². The van der Waals surface area contributed by atoms with Crippen LogP contribution in [0.3, 0.4) is 0 Å². The zero-order valence-corrected chi connectivity index (χ0v) is 29.3. The molecule has 2 heteroatoms. The smallest absolute Gasteiger partial charge is 0.114 e. The van der Waals surface area contributed by atoms with E-state index in [0.29, 0.717) is 6.04 Å². The van der Waals surface area contributed by atoms with Crippen molar-refractivity contribution < 1.29 is 16.9 Å². The minimum atomic E-state index is 0. The third kappa shape index (κ3) is 23.6. The Kier molecular flexibility index (Phi) is 29.2. The molecule has 1 unspecified atom stereocenters. The molecule has 0 saturated carbocycles.